The van der Waals surface area contributed by atoms with Crippen LogP contribution >= 0.6 is 11.3 Å². The van der Waals surface area contributed by atoms with Crippen LogP contribution in [0.5, 0.6) is 0 Å². The van der Waals surface area contributed by atoms with E-state index in [2.05, 4.69) is 20.8 Å². The second kappa shape index (κ2) is 8.68. The molecule has 0 N–H and O–H groups in total. The minimum atomic E-state index is 1.08. The smallest absolute Gasteiger partial charge is 0.0930 e. The average Bonchev–Trinajstić information content (AvgIpc) is 2.68. The Morgan fingerprint density at radius 2 is 1.59 bits per heavy atom. The first kappa shape index (κ1) is 14.7. The molecule has 0 spiro atoms. The van der Waals surface area contributed by atoms with Crippen LogP contribution in [-0.4, -0.2) is 4.98 Å². The highest BCUT2D eigenvalue weighted by molar-refractivity contribution is 7.11. The molecule has 0 aliphatic heterocycles. The zero-order valence-electron chi connectivity index (χ0n) is 11.7. The van der Waals surface area contributed by atoms with Gasteiger partial charge in [0, 0.05) is 4.88 Å². The third-order valence-electron chi connectivity index (χ3n) is 3.27. The zero-order chi connectivity index (χ0) is 12.5. The summed E-state index contributed by atoms with van der Waals surface area (Å²) >= 11 is 1.90. The number of unbranched alkanes of at least 4 members (excludes halogenated alkanes) is 6. The lowest BCUT2D eigenvalue weighted by molar-refractivity contribution is 0.588. The van der Waals surface area contributed by atoms with Crippen LogP contribution in [0.1, 0.15) is 74.4 Å². The first-order valence-electron chi connectivity index (χ1n) is 7.23. The summed E-state index contributed by atoms with van der Waals surface area (Å²) in [7, 11) is 0. The van der Waals surface area contributed by atoms with Gasteiger partial charge in [0.05, 0.1) is 10.7 Å². The molecule has 0 atom stereocenters. The molecule has 1 heterocycles. The van der Waals surface area contributed by atoms with E-state index in [1.54, 1.807) is 0 Å². The third-order valence-corrected chi connectivity index (χ3v) is 4.34. The van der Waals surface area contributed by atoms with Crippen molar-refractivity contribution in [2.24, 2.45) is 0 Å². The molecule has 0 unspecified atom stereocenters. The lowest BCUT2D eigenvalue weighted by Crippen LogP contribution is -1.87. The van der Waals surface area contributed by atoms with Gasteiger partial charge in [0.2, 0.25) is 0 Å². The molecular weight excluding hydrogens is 226 g/mol. The largest absolute Gasteiger partial charge is 0.246 e. The summed E-state index contributed by atoms with van der Waals surface area (Å²) in [6.45, 7) is 6.67. The number of rotatable bonds is 9. The molecule has 0 bridgehead atoms. The van der Waals surface area contributed by atoms with E-state index in [1.165, 1.54) is 66.9 Å². The Hall–Kier alpha value is -0.370. The molecule has 0 aliphatic rings. The highest BCUT2D eigenvalue weighted by Gasteiger charge is 2.05. The molecule has 0 amide bonds. The van der Waals surface area contributed by atoms with E-state index in [-0.39, 0.29) is 0 Å². The van der Waals surface area contributed by atoms with Crippen molar-refractivity contribution in [1.29, 1.82) is 0 Å². The van der Waals surface area contributed by atoms with Crippen LogP contribution in [0.3, 0.4) is 0 Å². The van der Waals surface area contributed by atoms with E-state index in [0.717, 1.165) is 6.42 Å². The van der Waals surface area contributed by atoms with Gasteiger partial charge in [-0.3, -0.25) is 0 Å². The van der Waals surface area contributed by atoms with Crippen molar-refractivity contribution in [3.05, 3.63) is 15.6 Å². The molecule has 2 heteroatoms. The Labute approximate surface area is 111 Å². The van der Waals surface area contributed by atoms with Crippen molar-refractivity contribution in [3.63, 3.8) is 0 Å². The van der Waals surface area contributed by atoms with Gasteiger partial charge in [-0.2, -0.15) is 0 Å². The number of thiazole rings is 1. The van der Waals surface area contributed by atoms with Crippen molar-refractivity contribution in [2.45, 2.75) is 78.6 Å². The monoisotopic (exact) mass is 253 g/mol. The van der Waals surface area contributed by atoms with E-state index < -0.39 is 0 Å². The van der Waals surface area contributed by atoms with E-state index in [4.69, 9.17) is 4.98 Å². The highest BCUT2D eigenvalue weighted by atomic mass is 32.1. The van der Waals surface area contributed by atoms with E-state index in [0.29, 0.717) is 0 Å². The van der Waals surface area contributed by atoms with Crippen molar-refractivity contribution in [3.8, 4) is 0 Å². The summed E-state index contributed by atoms with van der Waals surface area (Å²) in [5, 5.41) is 1.35. The first-order chi connectivity index (χ1) is 8.27. The molecule has 1 aromatic heterocycles. The van der Waals surface area contributed by atoms with Gasteiger partial charge in [0.25, 0.3) is 0 Å². The van der Waals surface area contributed by atoms with Crippen LogP contribution in [-0.2, 0) is 12.8 Å². The third kappa shape index (κ3) is 5.67. The van der Waals surface area contributed by atoms with Gasteiger partial charge in [-0.15, -0.1) is 11.3 Å². The molecule has 0 aromatic carbocycles. The number of aromatic nitrogens is 1. The first-order valence-corrected chi connectivity index (χ1v) is 8.04. The normalized spacial score (nSPS) is 11.0. The number of nitrogens with zero attached hydrogens (tertiary/aromatic N) is 1. The molecule has 1 aromatic rings. The predicted octanol–water partition coefficient (Wildman–Crippen LogP) is 5.31. The minimum absolute atomic E-state index is 1.08. The van der Waals surface area contributed by atoms with Gasteiger partial charge in [-0.1, -0.05) is 52.4 Å². The van der Waals surface area contributed by atoms with Crippen LogP contribution in [0.25, 0.3) is 0 Å². The molecule has 0 saturated carbocycles. The fraction of sp³-hybridized carbons (Fsp3) is 0.800. The lowest BCUT2D eigenvalue weighted by atomic mass is 10.1. The molecule has 0 radical (unpaired) electrons. The summed E-state index contributed by atoms with van der Waals surface area (Å²) in [6, 6.07) is 0. The van der Waals surface area contributed by atoms with Crippen LogP contribution in [0, 0.1) is 6.92 Å². The lowest BCUT2D eigenvalue weighted by Gasteiger charge is -1.99. The van der Waals surface area contributed by atoms with Gasteiger partial charge in [0.15, 0.2) is 0 Å². The van der Waals surface area contributed by atoms with Crippen LogP contribution in [0.2, 0.25) is 0 Å². The second-order valence-electron chi connectivity index (χ2n) is 4.84. The number of hydrogen-bond acceptors (Lipinski definition) is 2. The number of hydrogen-bond donors (Lipinski definition) is 0. The summed E-state index contributed by atoms with van der Waals surface area (Å²) in [4.78, 5) is 6.12. The maximum atomic E-state index is 4.69. The molecule has 0 aliphatic carbocycles. The topological polar surface area (TPSA) is 12.9 Å². The highest BCUT2D eigenvalue weighted by Crippen LogP contribution is 2.20. The average molecular weight is 253 g/mol. The Kier molecular flexibility index (Phi) is 7.50. The van der Waals surface area contributed by atoms with Crippen molar-refractivity contribution >= 4 is 11.3 Å². The van der Waals surface area contributed by atoms with Gasteiger partial charge in [-0.25, -0.2) is 4.98 Å². The Balaban J connectivity index is 2.09. The van der Waals surface area contributed by atoms with Crippen LogP contribution in [0.4, 0.5) is 0 Å². The van der Waals surface area contributed by atoms with E-state index >= 15 is 0 Å². The summed E-state index contributed by atoms with van der Waals surface area (Å²) < 4.78 is 0. The van der Waals surface area contributed by atoms with Gasteiger partial charge in [-0.05, 0) is 26.2 Å². The van der Waals surface area contributed by atoms with E-state index in [1.807, 2.05) is 11.3 Å². The van der Waals surface area contributed by atoms with Gasteiger partial charge in [0.1, 0.15) is 0 Å². The SMILES string of the molecule is CCCCCCCCCc1nc(CC)c(C)s1. The summed E-state index contributed by atoms with van der Waals surface area (Å²) in [6.07, 6.45) is 12.0. The van der Waals surface area contributed by atoms with Gasteiger partial charge >= 0.3 is 0 Å². The van der Waals surface area contributed by atoms with Crippen molar-refractivity contribution in [1.82, 2.24) is 4.98 Å². The number of aryl methyl sites for hydroxylation is 3. The standard InChI is InChI=1S/C15H27NS/c1-4-6-7-8-9-10-11-12-15-16-14(5-2)13(3)17-15/h4-12H2,1-3H3. The van der Waals surface area contributed by atoms with Gasteiger partial charge < -0.3 is 0 Å². The Morgan fingerprint density at radius 1 is 0.941 bits per heavy atom. The minimum Gasteiger partial charge on any atom is -0.246 e. The van der Waals surface area contributed by atoms with Crippen molar-refractivity contribution < 1.29 is 0 Å². The molecule has 0 fully saturated rings. The quantitative estimate of drug-likeness (QED) is 0.544. The van der Waals surface area contributed by atoms with E-state index in [9.17, 15) is 0 Å². The molecular formula is C15H27NS. The molecule has 98 valence electrons. The second-order valence-corrected chi connectivity index (χ2v) is 6.12. The fourth-order valence-corrected chi connectivity index (χ4v) is 3.22. The Bertz CT molecular complexity index is 304. The zero-order valence-corrected chi connectivity index (χ0v) is 12.5. The van der Waals surface area contributed by atoms with Crippen LogP contribution in [0.15, 0.2) is 0 Å². The van der Waals surface area contributed by atoms with Crippen molar-refractivity contribution in [2.75, 3.05) is 0 Å². The maximum Gasteiger partial charge on any atom is 0.0930 e. The maximum absolute atomic E-state index is 4.69. The molecule has 17 heavy (non-hydrogen) atoms. The van der Waals surface area contributed by atoms with Crippen LogP contribution < -0.4 is 0 Å². The predicted molar refractivity (Wildman–Crippen MR) is 77.9 cm³/mol. The Morgan fingerprint density at radius 3 is 2.18 bits per heavy atom. The molecule has 0 saturated heterocycles. The molecule has 1 nitrogen and oxygen atoms in total. The summed E-state index contributed by atoms with van der Waals surface area (Å²) in [5.41, 5.74) is 1.31. The molecule has 1 rings (SSSR count). The summed E-state index contributed by atoms with van der Waals surface area (Å²) in [5.74, 6) is 0. The fourth-order valence-electron chi connectivity index (χ4n) is 2.16.